The van der Waals surface area contributed by atoms with E-state index in [2.05, 4.69) is 6.92 Å². The first-order chi connectivity index (χ1) is 10.1. The van der Waals surface area contributed by atoms with Gasteiger partial charge in [-0.15, -0.1) is 0 Å². The molecule has 0 spiro atoms. The lowest BCUT2D eigenvalue weighted by Crippen LogP contribution is -2.46. The average molecular weight is 293 g/mol. The first-order valence-electron chi connectivity index (χ1n) is 7.59. The van der Waals surface area contributed by atoms with Crippen LogP contribution in [0.3, 0.4) is 0 Å². The fourth-order valence-corrected chi connectivity index (χ4v) is 3.59. The van der Waals surface area contributed by atoms with Gasteiger partial charge in [-0.2, -0.15) is 0 Å². The Balaban J connectivity index is 2.44. The van der Waals surface area contributed by atoms with Gasteiger partial charge in [0, 0.05) is 7.11 Å². The summed E-state index contributed by atoms with van der Waals surface area (Å²) < 4.78 is 16.9. The van der Waals surface area contributed by atoms with Crippen LogP contribution in [-0.4, -0.2) is 26.9 Å². The molecule has 3 atom stereocenters. The highest BCUT2D eigenvalue weighted by Crippen LogP contribution is 2.46. The third-order valence-corrected chi connectivity index (χ3v) is 4.74. The first-order valence-corrected chi connectivity index (χ1v) is 7.59. The standard InChI is InChI=1S/C17H27NO3/c1-12-7-6-10-17(11-12,21-4)16(18)15-13(19-2)8-5-9-14(15)20-3/h5,8-9,12,16H,6-7,10-11,18H2,1-4H3. The zero-order valence-corrected chi connectivity index (χ0v) is 13.5. The van der Waals surface area contributed by atoms with E-state index in [0.29, 0.717) is 5.92 Å². The van der Waals surface area contributed by atoms with Crippen molar-refractivity contribution in [2.24, 2.45) is 11.7 Å². The Morgan fingerprint density at radius 3 is 2.29 bits per heavy atom. The summed E-state index contributed by atoms with van der Waals surface area (Å²) in [6, 6.07) is 5.49. The molecule has 2 N–H and O–H groups in total. The highest BCUT2D eigenvalue weighted by molar-refractivity contribution is 5.48. The first kappa shape index (κ1) is 16.1. The molecule has 0 aromatic heterocycles. The lowest BCUT2D eigenvalue weighted by molar-refractivity contribution is -0.0725. The smallest absolute Gasteiger partial charge is 0.127 e. The van der Waals surface area contributed by atoms with Crippen LogP contribution in [0, 0.1) is 5.92 Å². The van der Waals surface area contributed by atoms with E-state index in [1.807, 2.05) is 18.2 Å². The molecule has 3 unspecified atom stereocenters. The van der Waals surface area contributed by atoms with E-state index in [-0.39, 0.29) is 11.6 Å². The molecule has 2 rings (SSSR count). The van der Waals surface area contributed by atoms with Gasteiger partial charge in [-0.25, -0.2) is 0 Å². The second kappa shape index (κ2) is 6.67. The van der Waals surface area contributed by atoms with E-state index in [1.54, 1.807) is 21.3 Å². The lowest BCUT2D eigenvalue weighted by atomic mass is 9.72. The minimum Gasteiger partial charge on any atom is -0.496 e. The molecule has 0 amide bonds. The van der Waals surface area contributed by atoms with Gasteiger partial charge in [0.25, 0.3) is 0 Å². The van der Waals surface area contributed by atoms with Crippen molar-refractivity contribution in [2.45, 2.75) is 44.2 Å². The monoisotopic (exact) mass is 293 g/mol. The van der Waals surface area contributed by atoms with Crippen LogP contribution < -0.4 is 15.2 Å². The minimum atomic E-state index is -0.348. The number of benzene rings is 1. The van der Waals surface area contributed by atoms with Crippen molar-refractivity contribution in [1.82, 2.24) is 0 Å². The van der Waals surface area contributed by atoms with Gasteiger partial charge in [0.1, 0.15) is 11.5 Å². The minimum absolute atomic E-state index is 0.267. The molecule has 0 aliphatic heterocycles. The zero-order chi connectivity index (χ0) is 15.5. The van der Waals surface area contributed by atoms with Gasteiger partial charge in [0.2, 0.25) is 0 Å². The van der Waals surface area contributed by atoms with Gasteiger partial charge in [-0.3, -0.25) is 0 Å². The highest BCUT2D eigenvalue weighted by atomic mass is 16.5. The van der Waals surface area contributed by atoms with Crippen molar-refractivity contribution < 1.29 is 14.2 Å². The highest BCUT2D eigenvalue weighted by Gasteiger charge is 2.43. The maximum absolute atomic E-state index is 6.65. The van der Waals surface area contributed by atoms with Crippen molar-refractivity contribution in [1.29, 1.82) is 0 Å². The van der Waals surface area contributed by atoms with Crippen LogP contribution in [-0.2, 0) is 4.74 Å². The Hall–Kier alpha value is -1.26. The molecule has 21 heavy (non-hydrogen) atoms. The Morgan fingerprint density at radius 2 is 1.81 bits per heavy atom. The molecule has 1 aromatic carbocycles. The average Bonchev–Trinajstić information content (AvgIpc) is 2.53. The van der Waals surface area contributed by atoms with Crippen LogP contribution in [0.15, 0.2) is 18.2 Å². The zero-order valence-electron chi connectivity index (χ0n) is 13.5. The van der Waals surface area contributed by atoms with E-state index in [9.17, 15) is 0 Å². The van der Waals surface area contributed by atoms with E-state index in [4.69, 9.17) is 19.9 Å². The lowest BCUT2D eigenvalue weighted by Gasteiger charge is -2.43. The van der Waals surface area contributed by atoms with Crippen LogP contribution in [0.4, 0.5) is 0 Å². The molecular formula is C17H27NO3. The SMILES string of the molecule is COc1cccc(OC)c1C(N)C1(OC)CCCC(C)C1. The van der Waals surface area contributed by atoms with Crippen molar-refractivity contribution in [2.75, 3.05) is 21.3 Å². The molecule has 1 saturated carbocycles. The molecule has 4 nitrogen and oxygen atoms in total. The summed E-state index contributed by atoms with van der Waals surface area (Å²) in [5.41, 5.74) is 7.20. The van der Waals surface area contributed by atoms with Gasteiger partial charge in [-0.1, -0.05) is 25.8 Å². The van der Waals surface area contributed by atoms with Crippen LogP contribution in [0.25, 0.3) is 0 Å². The van der Waals surface area contributed by atoms with Crippen LogP contribution in [0.2, 0.25) is 0 Å². The number of hydrogen-bond donors (Lipinski definition) is 1. The van der Waals surface area contributed by atoms with Gasteiger partial charge >= 0.3 is 0 Å². The second-order valence-corrected chi connectivity index (χ2v) is 6.02. The maximum Gasteiger partial charge on any atom is 0.127 e. The Morgan fingerprint density at radius 1 is 1.19 bits per heavy atom. The quantitative estimate of drug-likeness (QED) is 0.905. The summed E-state index contributed by atoms with van der Waals surface area (Å²) in [5, 5.41) is 0. The summed E-state index contributed by atoms with van der Waals surface area (Å²) >= 11 is 0. The molecule has 4 heteroatoms. The molecule has 1 fully saturated rings. The fourth-order valence-electron chi connectivity index (χ4n) is 3.59. The van der Waals surface area contributed by atoms with Crippen molar-refractivity contribution in [3.63, 3.8) is 0 Å². The molecular weight excluding hydrogens is 266 g/mol. The Bertz CT molecular complexity index is 455. The van der Waals surface area contributed by atoms with Gasteiger partial charge in [0.05, 0.1) is 31.4 Å². The summed E-state index contributed by atoms with van der Waals surface area (Å²) in [7, 11) is 5.09. The number of hydrogen-bond acceptors (Lipinski definition) is 4. The predicted molar refractivity (Wildman–Crippen MR) is 83.8 cm³/mol. The number of rotatable bonds is 5. The third kappa shape index (κ3) is 3.01. The molecule has 0 heterocycles. The van der Waals surface area contributed by atoms with E-state index < -0.39 is 0 Å². The van der Waals surface area contributed by atoms with Crippen LogP contribution in [0.1, 0.15) is 44.2 Å². The topological polar surface area (TPSA) is 53.7 Å². The van der Waals surface area contributed by atoms with Gasteiger partial charge in [0.15, 0.2) is 0 Å². The second-order valence-electron chi connectivity index (χ2n) is 6.02. The van der Waals surface area contributed by atoms with Crippen LogP contribution >= 0.6 is 0 Å². The summed E-state index contributed by atoms with van der Waals surface area (Å²) in [4.78, 5) is 0. The van der Waals surface area contributed by atoms with Gasteiger partial charge in [-0.05, 0) is 30.9 Å². The van der Waals surface area contributed by atoms with Crippen molar-refractivity contribution >= 4 is 0 Å². The molecule has 0 bridgehead atoms. The molecule has 0 radical (unpaired) electrons. The molecule has 0 saturated heterocycles. The maximum atomic E-state index is 6.65. The normalized spacial score (nSPS) is 27.2. The number of ether oxygens (including phenoxy) is 3. The van der Waals surface area contributed by atoms with Crippen molar-refractivity contribution in [3.8, 4) is 11.5 Å². The molecule has 1 aliphatic rings. The Kier molecular flexibility index (Phi) is 5.12. The molecule has 1 aromatic rings. The van der Waals surface area contributed by atoms with E-state index >= 15 is 0 Å². The third-order valence-electron chi connectivity index (χ3n) is 4.74. The van der Waals surface area contributed by atoms with Crippen LogP contribution in [0.5, 0.6) is 11.5 Å². The summed E-state index contributed by atoms with van der Waals surface area (Å²) in [6.45, 7) is 2.26. The molecule has 118 valence electrons. The number of nitrogens with two attached hydrogens (primary N) is 1. The number of methoxy groups -OCH3 is 3. The predicted octanol–water partition coefficient (Wildman–Crippen LogP) is 3.30. The molecule has 1 aliphatic carbocycles. The Labute approximate surface area is 127 Å². The summed E-state index contributed by atoms with van der Waals surface area (Å²) in [6.07, 6.45) is 4.31. The largest absolute Gasteiger partial charge is 0.496 e. The van der Waals surface area contributed by atoms with Gasteiger partial charge < -0.3 is 19.9 Å². The van der Waals surface area contributed by atoms with E-state index in [1.165, 1.54) is 6.42 Å². The van der Waals surface area contributed by atoms with Crippen molar-refractivity contribution in [3.05, 3.63) is 23.8 Å². The fraction of sp³-hybridized carbons (Fsp3) is 0.647. The van der Waals surface area contributed by atoms with E-state index in [0.717, 1.165) is 36.3 Å². The summed E-state index contributed by atoms with van der Waals surface area (Å²) in [5.74, 6) is 2.14.